The van der Waals surface area contributed by atoms with Crippen molar-refractivity contribution < 1.29 is 14.7 Å². The Morgan fingerprint density at radius 3 is 3.00 bits per heavy atom. The van der Waals surface area contributed by atoms with Gasteiger partial charge in [-0.3, -0.25) is 14.6 Å². The number of thioether (sulfide) groups is 1. The minimum atomic E-state index is -0.881. The lowest BCUT2D eigenvalue weighted by Gasteiger charge is -1.93. The van der Waals surface area contributed by atoms with E-state index in [-0.39, 0.29) is 18.9 Å². The van der Waals surface area contributed by atoms with E-state index in [2.05, 4.69) is 10.3 Å². The van der Waals surface area contributed by atoms with Crippen LogP contribution in [0.15, 0.2) is 4.99 Å². The molecule has 1 heterocycles. The minimum absolute atomic E-state index is 0.0000690. The predicted octanol–water partition coefficient (Wildman–Crippen LogP) is -0.320. The highest BCUT2D eigenvalue weighted by molar-refractivity contribution is 8.15. The molecule has 2 N–H and O–H groups in total. The first-order chi connectivity index (χ1) is 5.68. The lowest BCUT2D eigenvalue weighted by molar-refractivity contribution is -0.136. The lowest BCUT2D eigenvalue weighted by atomic mass is 10.4. The molecule has 1 rings (SSSR count). The molecule has 12 heavy (non-hydrogen) atoms. The van der Waals surface area contributed by atoms with E-state index in [4.69, 9.17) is 5.11 Å². The number of carboxylic acid groups (broad SMARTS) is 1. The molecule has 0 spiro atoms. The second kappa shape index (κ2) is 4.10. The van der Waals surface area contributed by atoms with Gasteiger partial charge in [-0.15, -0.1) is 0 Å². The monoisotopic (exact) mass is 188 g/mol. The first kappa shape index (κ1) is 9.05. The number of carbonyl (C=O) groups excluding carboxylic acids is 1. The number of aliphatic imine (C=N–C) groups is 1. The molecule has 0 radical (unpaired) electrons. The number of aliphatic carboxylic acids is 1. The van der Waals surface area contributed by atoms with Gasteiger partial charge in [0.2, 0.25) is 5.91 Å². The fraction of sp³-hybridized carbons (Fsp3) is 0.500. The third-order valence-corrected chi connectivity index (χ3v) is 2.08. The van der Waals surface area contributed by atoms with Crippen LogP contribution in [0.4, 0.5) is 0 Å². The predicted molar refractivity (Wildman–Crippen MR) is 45.2 cm³/mol. The third kappa shape index (κ3) is 2.91. The zero-order valence-electron chi connectivity index (χ0n) is 6.24. The number of nitrogens with one attached hydrogen (secondary N) is 1. The van der Waals surface area contributed by atoms with Crippen LogP contribution in [-0.4, -0.2) is 34.4 Å². The molecule has 1 amide bonds. The van der Waals surface area contributed by atoms with Gasteiger partial charge < -0.3 is 10.4 Å². The highest BCUT2D eigenvalue weighted by Crippen LogP contribution is 2.08. The summed E-state index contributed by atoms with van der Waals surface area (Å²) in [5.74, 6) is -0.575. The number of hydrogen-bond acceptors (Lipinski definition) is 4. The maximum atomic E-state index is 10.6. The molecule has 6 heteroatoms. The lowest BCUT2D eigenvalue weighted by Crippen LogP contribution is -2.20. The van der Waals surface area contributed by atoms with E-state index >= 15 is 0 Å². The topological polar surface area (TPSA) is 78.8 Å². The van der Waals surface area contributed by atoms with Crippen LogP contribution in [0.3, 0.4) is 0 Å². The van der Waals surface area contributed by atoms with Crippen molar-refractivity contribution in [3.8, 4) is 0 Å². The smallest absolute Gasteiger partial charge is 0.305 e. The van der Waals surface area contributed by atoms with E-state index in [1.807, 2.05) is 0 Å². The average Bonchev–Trinajstić information content (AvgIpc) is 2.35. The van der Waals surface area contributed by atoms with E-state index in [0.717, 1.165) is 0 Å². The van der Waals surface area contributed by atoms with Crippen molar-refractivity contribution >= 4 is 28.8 Å². The minimum Gasteiger partial charge on any atom is -0.481 e. The van der Waals surface area contributed by atoms with Crippen molar-refractivity contribution in [3.63, 3.8) is 0 Å². The summed E-state index contributed by atoms with van der Waals surface area (Å²) in [7, 11) is 0. The molecule has 0 bridgehead atoms. The normalized spacial score (nSPS) is 19.7. The Morgan fingerprint density at radius 2 is 2.50 bits per heavy atom. The molecule has 0 aromatic rings. The van der Waals surface area contributed by atoms with Gasteiger partial charge in [-0.2, -0.15) is 0 Å². The van der Waals surface area contributed by atoms with Gasteiger partial charge in [0.25, 0.3) is 0 Å². The summed E-state index contributed by atoms with van der Waals surface area (Å²) in [5, 5.41) is 11.3. The van der Waals surface area contributed by atoms with Crippen LogP contribution in [0, 0.1) is 0 Å². The summed E-state index contributed by atoms with van der Waals surface area (Å²) in [6, 6.07) is 0. The van der Waals surface area contributed by atoms with Gasteiger partial charge in [-0.25, -0.2) is 0 Å². The second-order valence-electron chi connectivity index (χ2n) is 2.17. The SMILES string of the molecule is O=C(O)CCN=C1NC(=O)CS1. The largest absolute Gasteiger partial charge is 0.481 e. The highest BCUT2D eigenvalue weighted by Gasteiger charge is 2.15. The number of carboxylic acids is 1. The van der Waals surface area contributed by atoms with E-state index in [1.165, 1.54) is 11.8 Å². The van der Waals surface area contributed by atoms with Crippen molar-refractivity contribution in [2.75, 3.05) is 12.3 Å². The van der Waals surface area contributed by atoms with Crippen LogP contribution < -0.4 is 5.32 Å². The van der Waals surface area contributed by atoms with Gasteiger partial charge in [0.15, 0.2) is 5.17 Å². The van der Waals surface area contributed by atoms with Crippen LogP contribution in [0.25, 0.3) is 0 Å². The quantitative estimate of drug-likeness (QED) is 0.636. The fourth-order valence-corrected chi connectivity index (χ4v) is 1.37. The van der Waals surface area contributed by atoms with Crippen molar-refractivity contribution in [2.24, 2.45) is 4.99 Å². The molecule has 1 saturated heterocycles. The summed E-state index contributed by atoms with van der Waals surface area (Å²) in [6.07, 6.45) is -0.0000690. The summed E-state index contributed by atoms with van der Waals surface area (Å²) in [5.41, 5.74) is 0. The van der Waals surface area contributed by atoms with E-state index < -0.39 is 5.97 Å². The standard InChI is InChI=1S/C6H8N2O3S/c9-4-3-12-6(8-4)7-2-1-5(10)11/h1-3H2,(H,10,11)(H,7,8,9). The first-order valence-corrected chi connectivity index (χ1v) is 4.36. The number of hydrogen-bond donors (Lipinski definition) is 2. The summed E-state index contributed by atoms with van der Waals surface area (Å²) >= 11 is 1.30. The molecule has 0 atom stereocenters. The average molecular weight is 188 g/mol. The Labute approximate surface area is 73.2 Å². The molecule has 1 aliphatic rings. The molecule has 0 aliphatic carbocycles. The Hall–Kier alpha value is -1.04. The van der Waals surface area contributed by atoms with Gasteiger partial charge in [0.1, 0.15) is 0 Å². The van der Waals surface area contributed by atoms with Crippen molar-refractivity contribution in [1.29, 1.82) is 0 Å². The summed E-state index contributed by atoms with van der Waals surface area (Å²) in [4.78, 5) is 24.6. The van der Waals surface area contributed by atoms with Gasteiger partial charge in [0.05, 0.1) is 18.7 Å². The number of amidine groups is 1. The van der Waals surface area contributed by atoms with Gasteiger partial charge in [0, 0.05) is 0 Å². The zero-order chi connectivity index (χ0) is 8.97. The first-order valence-electron chi connectivity index (χ1n) is 3.37. The fourth-order valence-electron chi connectivity index (χ4n) is 0.664. The highest BCUT2D eigenvalue weighted by atomic mass is 32.2. The Balaban J connectivity index is 2.28. The molecule has 5 nitrogen and oxygen atoms in total. The zero-order valence-corrected chi connectivity index (χ0v) is 7.06. The van der Waals surface area contributed by atoms with Gasteiger partial charge >= 0.3 is 5.97 Å². The molecule has 1 aliphatic heterocycles. The van der Waals surface area contributed by atoms with Crippen molar-refractivity contribution in [2.45, 2.75) is 6.42 Å². The molecular formula is C6H8N2O3S. The van der Waals surface area contributed by atoms with E-state index in [1.54, 1.807) is 0 Å². The van der Waals surface area contributed by atoms with Crippen LogP contribution in [0.5, 0.6) is 0 Å². The van der Waals surface area contributed by atoms with Crippen LogP contribution in [0.2, 0.25) is 0 Å². The van der Waals surface area contributed by atoms with Crippen LogP contribution in [0.1, 0.15) is 6.42 Å². The number of rotatable bonds is 3. The molecule has 1 fully saturated rings. The number of carbonyl (C=O) groups is 2. The number of nitrogens with zero attached hydrogens (tertiary/aromatic N) is 1. The molecule has 0 saturated carbocycles. The maximum Gasteiger partial charge on any atom is 0.305 e. The summed E-state index contributed by atoms with van der Waals surface area (Å²) < 4.78 is 0. The van der Waals surface area contributed by atoms with Crippen LogP contribution >= 0.6 is 11.8 Å². The molecule has 0 unspecified atom stereocenters. The van der Waals surface area contributed by atoms with Crippen LogP contribution in [-0.2, 0) is 9.59 Å². The third-order valence-electron chi connectivity index (χ3n) is 1.17. The summed E-state index contributed by atoms with van der Waals surface area (Å²) in [6.45, 7) is 0.220. The molecule has 0 aromatic carbocycles. The maximum absolute atomic E-state index is 10.6. The molecular weight excluding hydrogens is 180 g/mol. The Bertz CT molecular complexity index is 239. The van der Waals surface area contributed by atoms with Crippen molar-refractivity contribution in [1.82, 2.24) is 5.32 Å². The Morgan fingerprint density at radius 1 is 1.75 bits per heavy atom. The van der Waals surface area contributed by atoms with E-state index in [0.29, 0.717) is 10.9 Å². The van der Waals surface area contributed by atoms with Gasteiger partial charge in [-0.05, 0) is 0 Å². The van der Waals surface area contributed by atoms with E-state index in [9.17, 15) is 9.59 Å². The second-order valence-corrected chi connectivity index (χ2v) is 3.13. The van der Waals surface area contributed by atoms with Gasteiger partial charge in [-0.1, -0.05) is 11.8 Å². The Kier molecular flexibility index (Phi) is 3.09. The number of amides is 1. The van der Waals surface area contributed by atoms with Crippen molar-refractivity contribution in [3.05, 3.63) is 0 Å². The molecule has 66 valence electrons. The molecule has 0 aromatic heterocycles.